The van der Waals surface area contributed by atoms with Gasteiger partial charge < -0.3 is 10.2 Å². The maximum absolute atomic E-state index is 12.9. The number of hydrogen-bond acceptors (Lipinski definition) is 6. The Hall–Kier alpha value is -3.64. The van der Waals surface area contributed by atoms with Gasteiger partial charge in [-0.1, -0.05) is 11.6 Å². The normalized spacial score (nSPS) is 17.6. The van der Waals surface area contributed by atoms with E-state index >= 15 is 0 Å². The molecule has 4 aromatic rings. The van der Waals surface area contributed by atoms with Gasteiger partial charge in [0.2, 0.25) is 0 Å². The second kappa shape index (κ2) is 9.83. The van der Waals surface area contributed by atoms with Crippen LogP contribution in [0.3, 0.4) is 0 Å². The van der Waals surface area contributed by atoms with Gasteiger partial charge in [0, 0.05) is 53.9 Å². The molecule has 0 amide bonds. The average Bonchev–Trinajstić information content (AvgIpc) is 3.56. The van der Waals surface area contributed by atoms with Gasteiger partial charge in [0.05, 0.1) is 17.8 Å². The van der Waals surface area contributed by atoms with Gasteiger partial charge in [-0.25, -0.2) is 14.3 Å². The van der Waals surface area contributed by atoms with Gasteiger partial charge in [0.15, 0.2) is 0 Å². The van der Waals surface area contributed by atoms with E-state index in [9.17, 15) is 22.8 Å². The van der Waals surface area contributed by atoms with Gasteiger partial charge in [-0.05, 0) is 55.1 Å². The van der Waals surface area contributed by atoms with E-state index in [1.807, 2.05) is 12.1 Å². The van der Waals surface area contributed by atoms with E-state index < -0.39 is 24.0 Å². The van der Waals surface area contributed by atoms with Crippen LogP contribution >= 0.6 is 11.6 Å². The number of anilines is 1. The fourth-order valence-corrected chi connectivity index (χ4v) is 5.90. The molecule has 1 atom stereocenters. The number of nitrogens with zero attached hydrogens (tertiary/aromatic N) is 6. The number of nitrogens with one attached hydrogen (secondary N) is 1. The maximum atomic E-state index is 12.9. The van der Waals surface area contributed by atoms with E-state index in [0.29, 0.717) is 32.4 Å². The minimum absolute atomic E-state index is 0.216. The standard InChI is InChI=1S/C26H25ClF3N7O2/c27-18-9-17-2-1-6-35(19-3-5-31-11-19)24(17)20(10-18)23-21-8-16(13-37(21)33-15-32-23)12-36-22(38)4-7-34(25(36)39)14-26(28,29)30/h4,7-10,13,15,19,31H,1-3,5-6,11-12,14H2. The summed E-state index contributed by atoms with van der Waals surface area (Å²) in [4.78, 5) is 32.2. The van der Waals surface area contributed by atoms with Crippen molar-refractivity contribution in [2.75, 3.05) is 24.5 Å². The molecule has 1 saturated heterocycles. The number of aryl methyl sites for hydroxylation is 1. The number of hydrogen-bond donors (Lipinski definition) is 1. The van der Waals surface area contributed by atoms with E-state index in [2.05, 4.69) is 20.3 Å². The van der Waals surface area contributed by atoms with Crippen LogP contribution in [0.2, 0.25) is 5.02 Å². The molecule has 1 aromatic carbocycles. The summed E-state index contributed by atoms with van der Waals surface area (Å²) in [7, 11) is 0. The molecule has 1 fully saturated rings. The quantitative estimate of drug-likeness (QED) is 0.404. The third-order valence-corrected chi connectivity index (χ3v) is 7.53. The highest BCUT2D eigenvalue weighted by Crippen LogP contribution is 2.42. The molecule has 1 N–H and O–H groups in total. The molecule has 13 heteroatoms. The predicted octanol–water partition coefficient (Wildman–Crippen LogP) is 3.10. The Balaban J connectivity index is 1.43. The summed E-state index contributed by atoms with van der Waals surface area (Å²) in [6.07, 6.45) is 2.29. The van der Waals surface area contributed by atoms with Crippen LogP contribution in [0.4, 0.5) is 18.9 Å². The van der Waals surface area contributed by atoms with Gasteiger partial charge in [0.25, 0.3) is 5.56 Å². The van der Waals surface area contributed by atoms with E-state index in [1.54, 1.807) is 16.8 Å². The highest BCUT2D eigenvalue weighted by Gasteiger charge is 2.31. The van der Waals surface area contributed by atoms with Crippen molar-refractivity contribution in [2.45, 2.75) is 44.6 Å². The topological polar surface area (TPSA) is 89.5 Å². The summed E-state index contributed by atoms with van der Waals surface area (Å²) in [5.74, 6) is 0. The van der Waals surface area contributed by atoms with E-state index in [0.717, 1.165) is 72.5 Å². The molecule has 2 aliphatic heterocycles. The lowest BCUT2D eigenvalue weighted by Crippen LogP contribution is -2.41. The number of aromatic nitrogens is 5. The molecule has 0 aliphatic carbocycles. The lowest BCUT2D eigenvalue weighted by Gasteiger charge is -2.37. The summed E-state index contributed by atoms with van der Waals surface area (Å²) in [5, 5.41) is 8.34. The molecule has 6 rings (SSSR count). The van der Waals surface area contributed by atoms with Crippen molar-refractivity contribution in [3.8, 4) is 11.3 Å². The third-order valence-electron chi connectivity index (χ3n) is 7.31. The number of fused-ring (bicyclic) bond motifs is 2. The first-order chi connectivity index (χ1) is 18.7. The lowest BCUT2D eigenvalue weighted by molar-refractivity contribution is -0.141. The molecule has 0 radical (unpaired) electrons. The first-order valence-corrected chi connectivity index (χ1v) is 13.1. The van der Waals surface area contributed by atoms with Crippen molar-refractivity contribution in [1.82, 2.24) is 29.0 Å². The van der Waals surface area contributed by atoms with Crippen molar-refractivity contribution in [1.29, 1.82) is 0 Å². The summed E-state index contributed by atoms with van der Waals surface area (Å²) in [6.45, 7) is 1.08. The molecular weight excluding hydrogens is 535 g/mol. The smallest absolute Gasteiger partial charge is 0.366 e. The second-order valence-corrected chi connectivity index (χ2v) is 10.4. The van der Waals surface area contributed by atoms with E-state index in [1.165, 1.54) is 6.33 Å². The Morgan fingerprint density at radius 2 is 2.03 bits per heavy atom. The Morgan fingerprint density at radius 3 is 2.79 bits per heavy atom. The minimum Gasteiger partial charge on any atom is -0.366 e. The van der Waals surface area contributed by atoms with Crippen molar-refractivity contribution in [3.63, 3.8) is 0 Å². The highest BCUT2D eigenvalue weighted by atomic mass is 35.5. The van der Waals surface area contributed by atoms with Crippen LogP contribution in [0.15, 0.2) is 52.6 Å². The van der Waals surface area contributed by atoms with Crippen LogP contribution in [-0.2, 0) is 19.5 Å². The number of alkyl halides is 3. The first kappa shape index (κ1) is 25.6. The average molecular weight is 560 g/mol. The SMILES string of the molecule is O=c1ccn(CC(F)(F)F)c(=O)n1Cc1cc2c(-c3cc(Cl)cc4c3N(C3CCNC3)CCC4)ncnn2c1. The first-order valence-electron chi connectivity index (χ1n) is 12.7. The van der Waals surface area contributed by atoms with Gasteiger partial charge in [-0.2, -0.15) is 18.3 Å². The van der Waals surface area contributed by atoms with Crippen molar-refractivity contribution < 1.29 is 13.2 Å². The molecule has 2 aliphatic rings. The van der Waals surface area contributed by atoms with Crippen molar-refractivity contribution in [2.24, 2.45) is 0 Å². The van der Waals surface area contributed by atoms with Gasteiger partial charge in [-0.15, -0.1) is 0 Å². The molecule has 0 bridgehead atoms. The van der Waals surface area contributed by atoms with Crippen molar-refractivity contribution in [3.05, 3.63) is 80.0 Å². The molecule has 1 unspecified atom stereocenters. The summed E-state index contributed by atoms with van der Waals surface area (Å²) in [6, 6.07) is 6.96. The zero-order chi connectivity index (χ0) is 27.3. The zero-order valence-electron chi connectivity index (χ0n) is 20.8. The third kappa shape index (κ3) is 4.94. The van der Waals surface area contributed by atoms with Gasteiger partial charge >= 0.3 is 11.9 Å². The van der Waals surface area contributed by atoms with Crippen LogP contribution in [0.1, 0.15) is 24.0 Å². The Kier molecular flexibility index (Phi) is 6.46. The van der Waals surface area contributed by atoms with E-state index in [-0.39, 0.29) is 6.54 Å². The fraction of sp³-hybridized carbons (Fsp3) is 0.385. The van der Waals surface area contributed by atoms with Crippen LogP contribution < -0.4 is 21.5 Å². The number of benzene rings is 1. The maximum Gasteiger partial charge on any atom is 0.406 e. The van der Waals surface area contributed by atoms with Crippen LogP contribution in [-0.4, -0.2) is 55.6 Å². The zero-order valence-corrected chi connectivity index (χ0v) is 21.5. The molecule has 39 heavy (non-hydrogen) atoms. The number of rotatable bonds is 5. The fourth-order valence-electron chi connectivity index (χ4n) is 5.66. The summed E-state index contributed by atoms with van der Waals surface area (Å²) < 4.78 is 41.6. The molecule has 0 saturated carbocycles. The van der Waals surface area contributed by atoms with Crippen LogP contribution in [0, 0.1) is 0 Å². The molecule has 3 aromatic heterocycles. The Morgan fingerprint density at radius 1 is 1.18 bits per heavy atom. The van der Waals surface area contributed by atoms with E-state index in [4.69, 9.17) is 11.6 Å². The summed E-state index contributed by atoms with van der Waals surface area (Å²) in [5.41, 5.74) is 3.18. The number of halogens is 4. The van der Waals surface area contributed by atoms with Crippen LogP contribution in [0.5, 0.6) is 0 Å². The lowest BCUT2D eigenvalue weighted by atomic mass is 9.94. The molecule has 5 heterocycles. The summed E-state index contributed by atoms with van der Waals surface area (Å²) >= 11 is 6.56. The monoisotopic (exact) mass is 559 g/mol. The minimum atomic E-state index is -4.60. The second-order valence-electron chi connectivity index (χ2n) is 9.96. The van der Waals surface area contributed by atoms with Gasteiger partial charge in [0.1, 0.15) is 12.9 Å². The molecule has 9 nitrogen and oxygen atoms in total. The predicted molar refractivity (Wildman–Crippen MR) is 140 cm³/mol. The highest BCUT2D eigenvalue weighted by molar-refractivity contribution is 6.31. The Labute approximate surface area is 225 Å². The van der Waals surface area contributed by atoms with Crippen molar-refractivity contribution >= 4 is 22.8 Å². The Bertz CT molecular complexity index is 1670. The largest absolute Gasteiger partial charge is 0.406 e. The molecule has 204 valence electrons. The van der Waals surface area contributed by atoms with Crippen LogP contribution in [0.25, 0.3) is 16.8 Å². The molecule has 0 spiro atoms. The van der Waals surface area contributed by atoms with Gasteiger partial charge in [-0.3, -0.25) is 13.9 Å². The molecular formula is C26H25ClF3N7O2.